The zero-order valence-corrected chi connectivity index (χ0v) is 18.9. The summed E-state index contributed by atoms with van der Waals surface area (Å²) in [5.41, 5.74) is 1.03. The number of anilines is 1. The number of aliphatic hydroxyl groups excluding tert-OH is 1. The van der Waals surface area contributed by atoms with Crippen molar-refractivity contribution in [2.75, 3.05) is 5.32 Å². The Kier molecular flexibility index (Phi) is 4.97. The first kappa shape index (κ1) is 20.4. The fourth-order valence-corrected chi connectivity index (χ4v) is 7.17. The molecule has 0 aliphatic heterocycles. The van der Waals surface area contributed by atoms with E-state index in [1.807, 2.05) is 6.92 Å². The maximum absolute atomic E-state index is 12.7. The van der Waals surface area contributed by atoms with E-state index in [1.165, 1.54) is 4.88 Å². The molecule has 0 aromatic carbocycles. The van der Waals surface area contributed by atoms with Crippen molar-refractivity contribution in [2.45, 2.75) is 83.8 Å². The predicted octanol–water partition coefficient (Wildman–Crippen LogP) is 3.46. The predicted molar refractivity (Wildman–Crippen MR) is 116 cm³/mol. The van der Waals surface area contributed by atoms with E-state index in [-0.39, 0.29) is 46.8 Å². The van der Waals surface area contributed by atoms with Gasteiger partial charge in [-0.05, 0) is 62.2 Å². The number of nitrogens with one attached hydrogen (secondary N) is 2. The van der Waals surface area contributed by atoms with Crippen LogP contribution in [0.5, 0.6) is 0 Å². The van der Waals surface area contributed by atoms with E-state index >= 15 is 0 Å². The zero-order valence-electron chi connectivity index (χ0n) is 18.1. The standard InChI is InChI=1S/C23H33N3O3S/c1-11(20(28)24-14-6-7-14)15-8-9-23(3)10-16-18(12(2)17(23)19(15)27)25-22(30-16)26-21(29)13-4-5-13/h11-15,17,19,27H,4-10H2,1-3H3,(H,24,28)(H,25,26,29)/t11-,12-,15?,17+,19-,23-/m0/s1. The van der Waals surface area contributed by atoms with Crippen molar-refractivity contribution < 1.29 is 14.7 Å². The largest absolute Gasteiger partial charge is 0.392 e. The van der Waals surface area contributed by atoms with Gasteiger partial charge in [-0.25, -0.2) is 4.98 Å². The van der Waals surface area contributed by atoms with Gasteiger partial charge in [-0.3, -0.25) is 9.59 Å². The van der Waals surface area contributed by atoms with Gasteiger partial charge in [0.1, 0.15) is 0 Å². The molecule has 1 aromatic heterocycles. The summed E-state index contributed by atoms with van der Waals surface area (Å²) in [6.07, 6.45) is 6.37. The van der Waals surface area contributed by atoms with Crippen LogP contribution in [0.4, 0.5) is 5.13 Å². The van der Waals surface area contributed by atoms with Crippen LogP contribution in [0, 0.1) is 29.1 Å². The molecule has 7 heteroatoms. The monoisotopic (exact) mass is 431 g/mol. The Labute approximate surface area is 182 Å². The van der Waals surface area contributed by atoms with Crippen molar-refractivity contribution in [1.82, 2.24) is 10.3 Å². The molecule has 4 aliphatic rings. The third-order valence-electron chi connectivity index (χ3n) is 8.08. The summed E-state index contributed by atoms with van der Waals surface area (Å²) in [5.74, 6) is 0.337. The number of hydrogen-bond donors (Lipinski definition) is 3. The lowest BCUT2D eigenvalue weighted by Crippen LogP contribution is -2.53. The average Bonchev–Trinajstić information content (AvgIpc) is 3.60. The maximum Gasteiger partial charge on any atom is 0.229 e. The van der Waals surface area contributed by atoms with Gasteiger partial charge < -0.3 is 15.7 Å². The second-order valence-corrected chi connectivity index (χ2v) is 11.6. The Hall–Kier alpha value is -1.47. The van der Waals surface area contributed by atoms with Crippen LogP contribution < -0.4 is 10.6 Å². The smallest absolute Gasteiger partial charge is 0.229 e. The molecule has 6 atom stereocenters. The lowest BCUT2D eigenvalue weighted by molar-refractivity contribution is -0.134. The number of rotatable bonds is 5. The lowest BCUT2D eigenvalue weighted by Gasteiger charge is -2.53. The lowest BCUT2D eigenvalue weighted by atomic mass is 9.53. The van der Waals surface area contributed by atoms with Crippen molar-refractivity contribution in [2.24, 2.45) is 29.1 Å². The fraction of sp³-hybridized carbons (Fsp3) is 0.783. The number of nitrogens with zero attached hydrogens (tertiary/aromatic N) is 1. The van der Waals surface area contributed by atoms with Crippen molar-refractivity contribution in [3.63, 3.8) is 0 Å². The van der Waals surface area contributed by atoms with Crippen molar-refractivity contribution in [3.8, 4) is 0 Å². The van der Waals surface area contributed by atoms with Crippen LogP contribution in [-0.2, 0) is 16.0 Å². The van der Waals surface area contributed by atoms with Gasteiger partial charge in [0.05, 0.1) is 11.8 Å². The minimum atomic E-state index is -0.516. The molecule has 2 amide bonds. The Morgan fingerprint density at radius 3 is 2.63 bits per heavy atom. The van der Waals surface area contributed by atoms with Crippen LogP contribution in [0.1, 0.15) is 75.8 Å². The summed E-state index contributed by atoms with van der Waals surface area (Å²) in [5, 5.41) is 18.3. The van der Waals surface area contributed by atoms with Gasteiger partial charge in [0, 0.05) is 28.7 Å². The first-order valence-corrected chi connectivity index (χ1v) is 12.4. The number of amides is 2. The van der Waals surface area contributed by atoms with Gasteiger partial charge in [0.15, 0.2) is 5.13 Å². The number of thiazole rings is 1. The van der Waals surface area contributed by atoms with Crippen LogP contribution in [-0.4, -0.2) is 34.1 Å². The minimum Gasteiger partial charge on any atom is -0.392 e. The van der Waals surface area contributed by atoms with Gasteiger partial charge in [0.25, 0.3) is 0 Å². The van der Waals surface area contributed by atoms with Crippen LogP contribution in [0.25, 0.3) is 0 Å². The average molecular weight is 432 g/mol. The first-order valence-electron chi connectivity index (χ1n) is 11.6. The molecule has 0 radical (unpaired) electrons. The van der Waals surface area contributed by atoms with Crippen molar-refractivity contribution in [3.05, 3.63) is 10.6 Å². The van der Waals surface area contributed by atoms with E-state index in [9.17, 15) is 14.7 Å². The Bertz CT molecular complexity index is 862. The van der Waals surface area contributed by atoms with Crippen molar-refractivity contribution >= 4 is 28.3 Å². The molecular formula is C23H33N3O3S. The summed E-state index contributed by atoms with van der Waals surface area (Å²) >= 11 is 1.61. The molecule has 3 fully saturated rings. The third kappa shape index (κ3) is 3.58. The molecule has 3 N–H and O–H groups in total. The topological polar surface area (TPSA) is 91.3 Å². The number of aromatic nitrogens is 1. The van der Waals surface area contributed by atoms with E-state index in [0.717, 1.165) is 50.6 Å². The summed E-state index contributed by atoms with van der Waals surface area (Å²) in [6.45, 7) is 6.42. The Morgan fingerprint density at radius 1 is 1.23 bits per heavy atom. The number of hydrogen-bond acceptors (Lipinski definition) is 5. The second-order valence-electron chi connectivity index (χ2n) is 10.5. The summed E-state index contributed by atoms with van der Waals surface area (Å²) < 4.78 is 0. The van der Waals surface area contributed by atoms with Gasteiger partial charge >= 0.3 is 0 Å². The Balaban J connectivity index is 1.35. The molecule has 4 aliphatic carbocycles. The molecule has 1 unspecified atom stereocenters. The molecular weight excluding hydrogens is 398 g/mol. The van der Waals surface area contributed by atoms with E-state index in [2.05, 4.69) is 24.5 Å². The molecule has 1 heterocycles. The molecule has 6 nitrogen and oxygen atoms in total. The number of aliphatic hydroxyl groups is 1. The van der Waals surface area contributed by atoms with Crippen LogP contribution in [0.2, 0.25) is 0 Å². The molecule has 30 heavy (non-hydrogen) atoms. The molecule has 3 saturated carbocycles. The van der Waals surface area contributed by atoms with Crippen LogP contribution in [0.3, 0.4) is 0 Å². The quantitative estimate of drug-likeness (QED) is 0.666. The maximum atomic E-state index is 12.7. The van der Waals surface area contributed by atoms with E-state index in [1.54, 1.807) is 11.3 Å². The zero-order chi connectivity index (χ0) is 21.2. The molecule has 0 spiro atoms. The highest BCUT2D eigenvalue weighted by Gasteiger charge is 2.54. The third-order valence-corrected chi connectivity index (χ3v) is 9.07. The summed E-state index contributed by atoms with van der Waals surface area (Å²) in [7, 11) is 0. The fourth-order valence-electron chi connectivity index (χ4n) is 5.91. The highest BCUT2D eigenvalue weighted by atomic mass is 32.1. The molecule has 1 aromatic rings. The van der Waals surface area contributed by atoms with E-state index in [0.29, 0.717) is 11.2 Å². The van der Waals surface area contributed by atoms with Crippen LogP contribution >= 0.6 is 11.3 Å². The second kappa shape index (κ2) is 7.30. The molecule has 164 valence electrons. The normalized spacial score (nSPS) is 36.4. The highest BCUT2D eigenvalue weighted by Crippen LogP contribution is 2.57. The van der Waals surface area contributed by atoms with E-state index in [4.69, 9.17) is 4.98 Å². The first-order chi connectivity index (χ1) is 14.3. The van der Waals surface area contributed by atoms with Gasteiger partial charge in [-0.2, -0.15) is 0 Å². The molecule has 0 bridgehead atoms. The van der Waals surface area contributed by atoms with Gasteiger partial charge in [-0.1, -0.05) is 20.8 Å². The number of carbonyl (C=O) groups excluding carboxylic acids is 2. The summed E-state index contributed by atoms with van der Waals surface area (Å²) in [4.78, 5) is 30.9. The molecule has 0 saturated heterocycles. The summed E-state index contributed by atoms with van der Waals surface area (Å²) in [6, 6.07) is 0.349. The SMILES string of the molecule is C[C@H](C(=O)NC1CC1)C1CC[C@@]2(C)Cc3sc(NC(=O)C4CC4)nc3[C@@H](C)[C@@H]2[C@H]1O. The molecule has 5 rings (SSSR count). The van der Waals surface area contributed by atoms with Gasteiger partial charge in [-0.15, -0.1) is 11.3 Å². The Morgan fingerprint density at radius 2 is 1.97 bits per heavy atom. The van der Waals surface area contributed by atoms with Gasteiger partial charge in [0.2, 0.25) is 11.8 Å². The van der Waals surface area contributed by atoms with Crippen molar-refractivity contribution in [1.29, 1.82) is 0 Å². The number of carbonyl (C=O) groups is 2. The minimum absolute atomic E-state index is 0.000668. The van der Waals surface area contributed by atoms with Crippen LogP contribution in [0.15, 0.2) is 0 Å². The highest BCUT2D eigenvalue weighted by molar-refractivity contribution is 7.15. The van der Waals surface area contributed by atoms with E-state index < -0.39 is 6.10 Å². The number of fused-ring (bicyclic) bond motifs is 2.